The minimum Gasteiger partial charge on any atom is -0.198 e. The summed E-state index contributed by atoms with van der Waals surface area (Å²) in [5, 5.41) is 18.5. The van der Waals surface area contributed by atoms with Crippen molar-refractivity contribution in [2.24, 2.45) is 34.5 Å². The highest BCUT2D eigenvalue weighted by molar-refractivity contribution is 5.31. The Hall–Kier alpha value is -1.02. The van der Waals surface area contributed by atoms with E-state index in [2.05, 4.69) is 26.0 Å². The largest absolute Gasteiger partial charge is 0.198 e. The summed E-state index contributed by atoms with van der Waals surface area (Å²) < 4.78 is 0. The summed E-state index contributed by atoms with van der Waals surface area (Å²) in [5.41, 5.74) is 0.247. The molecule has 0 bridgehead atoms. The van der Waals surface area contributed by atoms with Crippen LogP contribution >= 0.6 is 0 Å². The highest BCUT2D eigenvalue weighted by Crippen LogP contribution is 2.78. The van der Waals surface area contributed by atoms with Gasteiger partial charge in [0.05, 0.1) is 17.6 Å². The second-order valence-electron chi connectivity index (χ2n) is 7.57. The molecule has 3 fully saturated rings. The van der Waals surface area contributed by atoms with Crippen LogP contribution < -0.4 is 0 Å². The van der Waals surface area contributed by atoms with Gasteiger partial charge in [0.1, 0.15) is 0 Å². The van der Waals surface area contributed by atoms with E-state index in [4.69, 9.17) is 5.26 Å². The smallest absolute Gasteiger partial charge is 0.0701 e. The van der Waals surface area contributed by atoms with E-state index in [0.717, 1.165) is 18.3 Å². The lowest BCUT2D eigenvalue weighted by Crippen LogP contribution is -2.36. The van der Waals surface area contributed by atoms with Crippen LogP contribution in [0.1, 0.15) is 58.8 Å². The third-order valence-electron chi connectivity index (χ3n) is 6.76. The molecule has 0 aromatic rings. The fourth-order valence-corrected chi connectivity index (χ4v) is 5.73. The van der Waals surface area contributed by atoms with Crippen molar-refractivity contribution < 1.29 is 0 Å². The van der Waals surface area contributed by atoms with Crippen molar-refractivity contribution in [1.29, 1.82) is 10.5 Å². The first-order valence-electron chi connectivity index (χ1n) is 7.86. The first kappa shape index (κ1) is 13.0. The topological polar surface area (TPSA) is 47.6 Å². The van der Waals surface area contributed by atoms with Gasteiger partial charge in [-0.3, -0.25) is 0 Å². The molecule has 2 nitrogen and oxygen atoms in total. The molecule has 0 saturated heterocycles. The highest BCUT2D eigenvalue weighted by atomic mass is 14.8. The normalized spacial score (nSPS) is 46.3. The van der Waals surface area contributed by atoms with Crippen molar-refractivity contribution in [2.45, 2.75) is 58.8 Å². The third-order valence-corrected chi connectivity index (χ3v) is 6.76. The molecule has 0 spiro atoms. The molecular formula is C17H24N2. The maximum Gasteiger partial charge on any atom is 0.0701 e. The minimum absolute atomic E-state index is 0.00385. The lowest BCUT2D eigenvalue weighted by Gasteiger charge is -2.42. The number of nitrogens with zero attached hydrogens (tertiary/aromatic N) is 2. The molecule has 5 atom stereocenters. The zero-order chi connectivity index (χ0) is 13.7. The molecule has 3 aliphatic rings. The van der Waals surface area contributed by atoms with Gasteiger partial charge in [0.15, 0.2) is 0 Å². The lowest BCUT2D eigenvalue weighted by molar-refractivity contribution is 0.0811. The van der Waals surface area contributed by atoms with Gasteiger partial charge in [-0.25, -0.2) is 0 Å². The fraction of sp³-hybridized carbons (Fsp3) is 0.882. The monoisotopic (exact) mass is 256 g/mol. The highest BCUT2D eigenvalue weighted by Gasteiger charge is 2.76. The lowest BCUT2D eigenvalue weighted by atomic mass is 9.61. The molecular weight excluding hydrogens is 232 g/mol. The molecule has 3 saturated carbocycles. The van der Waals surface area contributed by atoms with Crippen molar-refractivity contribution in [1.82, 2.24) is 0 Å². The van der Waals surface area contributed by atoms with Gasteiger partial charge in [-0.2, -0.15) is 10.5 Å². The molecule has 2 heteroatoms. The van der Waals surface area contributed by atoms with E-state index in [1.807, 2.05) is 0 Å². The van der Waals surface area contributed by atoms with E-state index in [-0.39, 0.29) is 10.8 Å². The fourth-order valence-electron chi connectivity index (χ4n) is 5.73. The van der Waals surface area contributed by atoms with Crippen LogP contribution in [0.2, 0.25) is 0 Å². The number of hydrogen-bond acceptors (Lipinski definition) is 2. The Morgan fingerprint density at radius 3 is 2.58 bits per heavy atom. The van der Waals surface area contributed by atoms with Crippen LogP contribution in [0.4, 0.5) is 0 Å². The predicted octanol–water partition coefficient (Wildman–Crippen LogP) is 4.28. The molecule has 19 heavy (non-hydrogen) atoms. The number of rotatable bonds is 2. The van der Waals surface area contributed by atoms with Crippen molar-refractivity contribution in [2.75, 3.05) is 0 Å². The van der Waals surface area contributed by atoms with Gasteiger partial charge in [-0.15, -0.1) is 0 Å². The molecule has 0 aromatic carbocycles. The van der Waals surface area contributed by atoms with E-state index in [9.17, 15) is 5.26 Å². The third kappa shape index (κ3) is 1.59. The van der Waals surface area contributed by atoms with Crippen LogP contribution in [-0.2, 0) is 0 Å². The van der Waals surface area contributed by atoms with Crippen LogP contribution in [0.25, 0.3) is 0 Å². The Morgan fingerprint density at radius 2 is 1.89 bits per heavy atom. The summed E-state index contributed by atoms with van der Waals surface area (Å²) in [4.78, 5) is 0. The Labute approximate surface area is 116 Å². The average Bonchev–Trinajstić information content (AvgIpc) is 2.93. The number of hydrogen-bond donors (Lipinski definition) is 0. The number of nitriles is 2. The SMILES string of the molecule is CC1(C)[C@@H]2CC[C@H]3C[C@@H](CCC#N)CC[C@H]3[C@]21C#N. The van der Waals surface area contributed by atoms with Crippen LogP contribution in [0.3, 0.4) is 0 Å². The quantitative estimate of drug-likeness (QED) is 0.740. The molecule has 0 aliphatic heterocycles. The number of fused-ring (bicyclic) bond motifs is 3. The van der Waals surface area contributed by atoms with Crippen molar-refractivity contribution in [3.63, 3.8) is 0 Å². The Bertz CT molecular complexity index is 453. The zero-order valence-electron chi connectivity index (χ0n) is 12.2. The first-order valence-corrected chi connectivity index (χ1v) is 7.86. The molecule has 102 valence electrons. The summed E-state index contributed by atoms with van der Waals surface area (Å²) in [6.45, 7) is 4.62. The second-order valence-corrected chi connectivity index (χ2v) is 7.57. The van der Waals surface area contributed by atoms with Crippen molar-refractivity contribution in [3.05, 3.63) is 0 Å². The van der Waals surface area contributed by atoms with E-state index in [1.165, 1.54) is 32.1 Å². The summed E-state index contributed by atoms with van der Waals surface area (Å²) in [5.74, 6) is 2.80. The van der Waals surface area contributed by atoms with Gasteiger partial charge in [0.2, 0.25) is 0 Å². The van der Waals surface area contributed by atoms with Crippen LogP contribution in [0, 0.1) is 57.2 Å². The maximum atomic E-state index is 9.78. The maximum absolute atomic E-state index is 9.78. The van der Waals surface area contributed by atoms with Gasteiger partial charge in [-0.05, 0) is 61.2 Å². The van der Waals surface area contributed by atoms with Gasteiger partial charge in [-0.1, -0.05) is 20.3 Å². The van der Waals surface area contributed by atoms with Gasteiger partial charge in [0, 0.05) is 6.42 Å². The van der Waals surface area contributed by atoms with Crippen LogP contribution in [0.5, 0.6) is 0 Å². The van der Waals surface area contributed by atoms with E-state index >= 15 is 0 Å². The van der Waals surface area contributed by atoms with Gasteiger partial charge >= 0.3 is 0 Å². The van der Waals surface area contributed by atoms with Crippen molar-refractivity contribution >= 4 is 0 Å². The van der Waals surface area contributed by atoms with Crippen LogP contribution in [0.15, 0.2) is 0 Å². The summed E-state index contributed by atoms with van der Waals surface area (Å²) in [6.07, 6.45) is 8.12. The molecule has 3 aliphatic carbocycles. The molecule has 0 aromatic heterocycles. The van der Waals surface area contributed by atoms with Crippen molar-refractivity contribution in [3.8, 4) is 12.1 Å². The molecule has 0 unspecified atom stereocenters. The molecule has 0 radical (unpaired) electrons. The zero-order valence-corrected chi connectivity index (χ0v) is 12.2. The van der Waals surface area contributed by atoms with E-state index in [0.29, 0.717) is 18.3 Å². The summed E-state index contributed by atoms with van der Waals surface area (Å²) in [7, 11) is 0. The van der Waals surface area contributed by atoms with Gasteiger partial charge in [0.25, 0.3) is 0 Å². The summed E-state index contributed by atoms with van der Waals surface area (Å²) in [6, 6.07) is 5.03. The van der Waals surface area contributed by atoms with Gasteiger partial charge < -0.3 is 0 Å². The molecule has 3 rings (SSSR count). The second kappa shape index (κ2) is 4.24. The summed E-state index contributed by atoms with van der Waals surface area (Å²) >= 11 is 0. The Balaban J connectivity index is 1.74. The minimum atomic E-state index is -0.00385. The Morgan fingerprint density at radius 1 is 1.11 bits per heavy atom. The standard InChI is InChI=1S/C17H24N2/c1-16(2)15-8-6-13-10-12(4-3-9-18)5-7-14(13)17(15,16)11-19/h12-15H,3-8,10H2,1-2H3/t12-,13-,14+,15-,17+/m0/s1. The molecule has 0 N–H and O–H groups in total. The van der Waals surface area contributed by atoms with E-state index in [1.54, 1.807) is 0 Å². The van der Waals surface area contributed by atoms with E-state index < -0.39 is 0 Å². The molecule has 0 amide bonds. The van der Waals surface area contributed by atoms with Crippen LogP contribution in [-0.4, -0.2) is 0 Å². The predicted molar refractivity (Wildman–Crippen MR) is 73.7 cm³/mol. The average molecular weight is 256 g/mol. The molecule has 0 heterocycles. The first-order chi connectivity index (χ1) is 9.07. The Kier molecular flexibility index (Phi) is 2.90.